The van der Waals surface area contributed by atoms with Crippen molar-refractivity contribution in [3.05, 3.63) is 34.9 Å². The summed E-state index contributed by atoms with van der Waals surface area (Å²) in [5.74, 6) is -1.44. The second-order valence-electron chi connectivity index (χ2n) is 4.44. The summed E-state index contributed by atoms with van der Waals surface area (Å²) in [6.07, 6.45) is 1.36. The summed E-state index contributed by atoms with van der Waals surface area (Å²) < 4.78 is 0. The summed E-state index contributed by atoms with van der Waals surface area (Å²) in [7, 11) is 0. The second kappa shape index (κ2) is 5.40. The van der Waals surface area contributed by atoms with Gasteiger partial charge in [-0.2, -0.15) is 0 Å². The minimum atomic E-state index is -0.835. The molecule has 1 atom stereocenters. The molecule has 1 amide bonds. The van der Waals surface area contributed by atoms with E-state index in [-0.39, 0.29) is 12.5 Å². The van der Waals surface area contributed by atoms with Crippen LogP contribution in [0.4, 0.5) is 0 Å². The zero-order valence-electron chi connectivity index (χ0n) is 9.80. The Labute approximate surface area is 110 Å². The van der Waals surface area contributed by atoms with Crippen molar-refractivity contribution in [2.24, 2.45) is 5.92 Å². The van der Waals surface area contributed by atoms with E-state index < -0.39 is 11.9 Å². The van der Waals surface area contributed by atoms with Crippen LogP contribution in [-0.2, 0) is 4.79 Å². The molecule has 18 heavy (non-hydrogen) atoms. The maximum absolute atomic E-state index is 12.2. The summed E-state index contributed by atoms with van der Waals surface area (Å²) in [6.45, 7) is 0.885. The van der Waals surface area contributed by atoms with Gasteiger partial charge in [-0.25, -0.2) is 0 Å². The third-order valence-electron chi connectivity index (χ3n) is 3.13. The number of hydrogen-bond donors (Lipinski definition) is 1. The highest BCUT2D eigenvalue weighted by atomic mass is 35.5. The van der Waals surface area contributed by atoms with Gasteiger partial charge in [0.25, 0.3) is 5.91 Å². The fraction of sp³-hybridized carbons (Fsp3) is 0.385. The van der Waals surface area contributed by atoms with E-state index in [1.54, 1.807) is 29.2 Å². The van der Waals surface area contributed by atoms with E-state index in [1.165, 1.54) is 0 Å². The maximum Gasteiger partial charge on any atom is 0.308 e. The average molecular weight is 268 g/mol. The third-order valence-corrected chi connectivity index (χ3v) is 3.36. The molecule has 5 heteroatoms. The third kappa shape index (κ3) is 2.82. The lowest BCUT2D eigenvalue weighted by Crippen LogP contribution is -2.42. The fourth-order valence-corrected chi connectivity index (χ4v) is 2.36. The van der Waals surface area contributed by atoms with E-state index >= 15 is 0 Å². The first kappa shape index (κ1) is 12.9. The van der Waals surface area contributed by atoms with Crippen LogP contribution in [0.25, 0.3) is 0 Å². The Morgan fingerprint density at radius 1 is 1.39 bits per heavy atom. The van der Waals surface area contributed by atoms with Gasteiger partial charge < -0.3 is 10.0 Å². The number of halogens is 1. The molecule has 0 aliphatic carbocycles. The van der Waals surface area contributed by atoms with Gasteiger partial charge in [0.05, 0.1) is 5.92 Å². The predicted molar refractivity (Wildman–Crippen MR) is 67.7 cm³/mol. The van der Waals surface area contributed by atoms with Gasteiger partial charge in [-0.3, -0.25) is 9.59 Å². The molecule has 1 aliphatic rings. The number of benzene rings is 1. The summed E-state index contributed by atoms with van der Waals surface area (Å²) in [5.41, 5.74) is 0.508. The van der Waals surface area contributed by atoms with Crippen molar-refractivity contribution in [1.82, 2.24) is 4.90 Å². The van der Waals surface area contributed by atoms with Crippen LogP contribution in [0.15, 0.2) is 24.3 Å². The van der Waals surface area contributed by atoms with Crippen molar-refractivity contribution in [2.45, 2.75) is 12.8 Å². The van der Waals surface area contributed by atoms with Gasteiger partial charge in [-0.15, -0.1) is 0 Å². The summed E-state index contributed by atoms with van der Waals surface area (Å²) in [5, 5.41) is 9.50. The number of aliphatic carboxylic acids is 1. The first-order valence-corrected chi connectivity index (χ1v) is 6.23. The van der Waals surface area contributed by atoms with Crippen LogP contribution >= 0.6 is 11.6 Å². The molecule has 1 aliphatic heterocycles. The Hall–Kier alpha value is -1.55. The zero-order chi connectivity index (χ0) is 13.1. The smallest absolute Gasteiger partial charge is 0.308 e. The molecule has 96 valence electrons. The molecule has 4 nitrogen and oxygen atoms in total. The topological polar surface area (TPSA) is 57.6 Å². The monoisotopic (exact) mass is 267 g/mol. The molecular weight excluding hydrogens is 254 g/mol. The highest BCUT2D eigenvalue weighted by Crippen LogP contribution is 2.20. The van der Waals surface area contributed by atoms with Crippen LogP contribution in [-0.4, -0.2) is 35.0 Å². The zero-order valence-corrected chi connectivity index (χ0v) is 10.6. The van der Waals surface area contributed by atoms with Crippen molar-refractivity contribution in [3.63, 3.8) is 0 Å². The predicted octanol–water partition coefficient (Wildman–Crippen LogP) is 2.28. The van der Waals surface area contributed by atoms with Crippen LogP contribution in [0.3, 0.4) is 0 Å². The molecule has 0 saturated carbocycles. The number of rotatable bonds is 2. The van der Waals surface area contributed by atoms with Crippen molar-refractivity contribution in [2.75, 3.05) is 13.1 Å². The van der Waals surface area contributed by atoms with Gasteiger partial charge in [0.2, 0.25) is 0 Å². The molecule has 1 fully saturated rings. The molecule has 1 saturated heterocycles. The Morgan fingerprint density at radius 2 is 2.17 bits per heavy atom. The highest BCUT2D eigenvalue weighted by Gasteiger charge is 2.28. The van der Waals surface area contributed by atoms with E-state index in [0.29, 0.717) is 23.6 Å². The van der Waals surface area contributed by atoms with Crippen LogP contribution < -0.4 is 0 Å². The largest absolute Gasteiger partial charge is 0.481 e. The molecule has 1 aromatic carbocycles. The maximum atomic E-state index is 12.2. The molecule has 1 N–H and O–H groups in total. The lowest BCUT2D eigenvalue weighted by Gasteiger charge is -2.30. The number of hydrogen-bond acceptors (Lipinski definition) is 2. The molecule has 0 radical (unpaired) electrons. The van der Waals surface area contributed by atoms with Crippen LogP contribution in [0.5, 0.6) is 0 Å². The van der Waals surface area contributed by atoms with Crippen molar-refractivity contribution < 1.29 is 14.7 Å². The number of carboxylic acid groups (broad SMARTS) is 1. The average Bonchev–Trinajstić information content (AvgIpc) is 2.38. The van der Waals surface area contributed by atoms with E-state index in [2.05, 4.69) is 0 Å². The fourth-order valence-electron chi connectivity index (χ4n) is 2.17. The Kier molecular flexibility index (Phi) is 3.87. The minimum absolute atomic E-state index is 0.150. The van der Waals surface area contributed by atoms with E-state index in [9.17, 15) is 9.59 Å². The van der Waals surface area contributed by atoms with Gasteiger partial charge in [0, 0.05) is 23.7 Å². The number of likely N-dealkylation sites (tertiary alicyclic amines) is 1. The van der Waals surface area contributed by atoms with Gasteiger partial charge >= 0.3 is 5.97 Å². The van der Waals surface area contributed by atoms with Crippen molar-refractivity contribution >= 4 is 23.5 Å². The number of carbonyl (C=O) groups is 2. The first-order valence-electron chi connectivity index (χ1n) is 5.85. The van der Waals surface area contributed by atoms with Gasteiger partial charge in [0.15, 0.2) is 0 Å². The number of piperidine rings is 1. The van der Waals surface area contributed by atoms with Gasteiger partial charge in [0.1, 0.15) is 0 Å². The normalized spacial score (nSPS) is 19.6. The lowest BCUT2D eigenvalue weighted by atomic mass is 9.97. The number of carboxylic acids is 1. The van der Waals surface area contributed by atoms with E-state index in [4.69, 9.17) is 16.7 Å². The number of carbonyl (C=O) groups excluding carboxylic acids is 1. The Morgan fingerprint density at radius 3 is 2.83 bits per heavy atom. The molecule has 2 rings (SSSR count). The quantitative estimate of drug-likeness (QED) is 0.894. The molecule has 0 spiro atoms. The standard InChI is InChI=1S/C13H14ClNO3/c14-11-5-1-3-9(7-11)12(16)15-6-2-4-10(8-15)13(17)18/h1,3,5,7,10H,2,4,6,8H2,(H,17,18). The van der Waals surface area contributed by atoms with Crippen LogP contribution in [0, 0.1) is 5.92 Å². The molecule has 1 aromatic rings. The SMILES string of the molecule is O=C(O)C1CCCN(C(=O)c2cccc(Cl)c2)C1. The second-order valence-corrected chi connectivity index (χ2v) is 4.88. The van der Waals surface area contributed by atoms with Gasteiger partial charge in [-0.1, -0.05) is 17.7 Å². The van der Waals surface area contributed by atoms with Gasteiger partial charge in [-0.05, 0) is 31.0 Å². The van der Waals surface area contributed by atoms with Crippen molar-refractivity contribution in [1.29, 1.82) is 0 Å². The number of amides is 1. The summed E-state index contributed by atoms with van der Waals surface area (Å²) in [6, 6.07) is 6.72. The van der Waals surface area contributed by atoms with Crippen LogP contribution in [0.2, 0.25) is 5.02 Å². The molecule has 1 heterocycles. The summed E-state index contributed by atoms with van der Waals surface area (Å²) >= 11 is 5.84. The van der Waals surface area contributed by atoms with Crippen molar-refractivity contribution in [3.8, 4) is 0 Å². The molecular formula is C13H14ClNO3. The number of nitrogens with zero attached hydrogens (tertiary/aromatic N) is 1. The molecule has 0 aromatic heterocycles. The molecule has 0 bridgehead atoms. The first-order chi connectivity index (χ1) is 8.58. The Balaban J connectivity index is 2.11. The van der Waals surface area contributed by atoms with E-state index in [0.717, 1.165) is 6.42 Å². The highest BCUT2D eigenvalue weighted by molar-refractivity contribution is 6.30. The minimum Gasteiger partial charge on any atom is -0.481 e. The summed E-state index contributed by atoms with van der Waals surface area (Å²) in [4.78, 5) is 24.7. The Bertz CT molecular complexity index is 475. The molecule has 1 unspecified atom stereocenters. The lowest BCUT2D eigenvalue weighted by molar-refractivity contribution is -0.143. The van der Waals surface area contributed by atoms with E-state index in [1.807, 2.05) is 0 Å². The van der Waals surface area contributed by atoms with Crippen LogP contribution in [0.1, 0.15) is 23.2 Å².